The van der Waals surface area contributed by atoms with E-state index < -0.39 is 0 Å². The lowest BCUT2D eigenvalue weighted by Crippen LogP contribution is -2.39. The number of rotatable bonds is 4. The van der Waals surface area contributed by atoms with Gasteiger partial charge >= 0.3 is 0 Å². The second kappa shape index (κ2) is 6.17. The molecule has 0 spiro atoms. The zero-order valence-electron chi connectivity index (χ0n) is 12.3. The molecule has 2 aliphatic heterocycles. The van der Waals surface area contributed by atoms with Crippen LogP contribution in [0.3, 0.4) is 0 Å². The topological polar surface area (TPSA) is 78.5 Å². The van der Waals surface area contributed by atoms with E-state index in [0.717, 1.165) is 31.5 Å². The fourth-order valence-corrected chi connectivity index (χ4v) is 2.99. The van der Waals surface area contributed by atoms with Crippen LogP contribution in [0.15, 0.2) is 24.3 Å². The Hall–Kier alpha value is -2.37. The van der Waals surface area contributed by atoms with Crippen molar-refractivity contribution in [3.05, 3.63) is 35.4 Å². The van der Waals surface area contributed by atoms with E-state index in [2.05, 4.69) is 10.6 Å². The van der Waals surface area contributed by atoms with Gasteiger partial charge in [0.15, 0.2) is 0 Å². The Morgan fingerprint density at radius 1 is 1.23 bits per heavy atom. The molecule has 1 aromatic rings. The van der Waals surface area contributed by atoms with Gasteiger partial charge in [0, 0.05) is 18.7 Å². The number of carbonyl (C=O) groups is 3. The van der Waals surface area contributed by atoms with E-state index in [1.165, 1.54) is 0 Å². The minimum atomic E-state index is -0.314. The van der Waals surface area contributed by atoms with Crippen LogP contribution >= 0.6 is 0 Å². The SMILES string of the molecule is O=C(CC1NC(=O)c2ccccc21)NCC(=O)N1CCCC1. The first-order valence-corrected chi connectivity index (χ1v) is 7.59. The number of likely N-dealkylation sites (tertiary alicyclic amines) is 1. The number of nitrogens with one attached hydrogen (secondary N) is 2. The minimum absolute atomic E-state index is 0.0289. The zero-order chi connectivity index (χ0) is 15.5. The maximum absolute atomic E-state index is 12.0. The average Bonchev–Trinajstić information content (AvgIpc) is 3.15. The maximum Gasteiger partial charge on any atom is 0.252 e. The van der Waals surface area contributed by atoms with Crippen molar-refractivity contribution in [3.63, 3.8) is 0 Å². The second-order valence-corrected chi connectivity index (χ2v) is 5.68. The van der Waals surface area contributed by atoms with E-state index in [1.54, 1.807) is 17.0 Å². The lowest BCUT2D eigenvalue weighted by Gasteiger charge is -2.16. The molecule has 116 valence electrons. The van der Waals surface area contributed by atoms with Crippen molar-refractivity contribution in [3.8, 4) is 0 Å². The standard InChI is InChI=1S/C16H19N3O3/c20-14(17-10-15(21)19-7-3-4-8-19)9-13-11-5-1-2-6-12(11)16(22)18-13/h1-2,5-6,13H,3-4,7-10H2,(H,17,20)(H,18,22). The third-order valence-corrected chi connectivity index (χ3v) is 4.17. The Morgan fingerprint density at radius 3 is 2.73 bits per heavy atom. The summed E-state index contributed by atoms with van der Waals surface area (Å²) < 4.78 is 0. The van der Waals surface area contributed by atoms with Gasteiger partial charge in [-0.2, -0.15) is 0 Å². The van der Waals surface area contributed by atoms with Gasteiger partial charge in [0.2, 0.25) is 11.8 Å². The second-order valence-electron chi connectivity index (χ2n) is 5.68. The van der Waals surface area contributed by atoms with Gasteiger partial charge in [-0.05, 0) is 24.5 Å². The molecule has 0 bridgehead atoms. The van der Waals surface area contributed by atoms with E-state index in [0.29, 0.717) is 5.56 Å². The highest BCUT2D eigenvalue weighted by Gasteiger charge is 2.29. The van der Waals surface area contributed by atoms with Gasteiger partial charge < -0.3 is 15.5 Å². The first-order valence-electron chi connectivity index (χ1n) is 7.59. The van der Waals surface area contributed by atoms with Crippen molar-refractivity contribution < 1.29 is 14.4 Å². The first kappa shape index (κ1) is 14.6. The van der Waals surface area contributed by atoms with Gasteiger partial charge in [-0.25, -0.2) is 0 Å². The predicted molar refractivity (Wildman–Crippen MR) is 80.1 cm³/mol. The Morgan fingerprint density at radius 2 is 1.95 bits per heavy atom. The lowest BCUT2D eigenvalue weighted by molar-refractivity contribution is -0.132. The van der Waals surface area contributed by atoms with Crippen LogP contribution in [0.25, 0.3) is 0 Å². The number of nitrogens with zero attached hydrogens (tertiary/aromatic N) is 1. The Labute approximate surface area is 128 Å². The number of fused-ring (bicyclic) bond motifs is 1. The summed E-state index contributed by atoms with van der Waals surface area (Å²) in [7, 11) is 0. The Balaban J connectivity index is 1.52. The molecule has 1 unspecified atom stereocenters. The fourth-order valence-electron chi connectivity index (χ4n) is 2.99. The van der Waals surface area contributed by atoms with Gasteiger partial charge in [0.05, 0.1) is 19.0 Å². The normalized spacial score (nSPS) is 19.7. The molecular formula is C16H19N3O3. The molecule has 3 rings (SSSR count). The van der Waals surface area contributed by atoms with Crippen LogP contribution in [-0.2, 0) is 9.59 Å². The highest BCUT2D eigenvalue weighted by atomic mass is 16.2. The van der Waals surface area contributed by atoms with Gasteiger partial charge in [0.1, 0.15) is 0 Å². The fraction of sp³-hybridized carbons (Fsp3) is 0.438. The summed E-state index contributed by atoms with van der Waals surface area (Å²) in [4.78, 5) is 37.4. The molecule has 2 heterocycles. The van der Waals surface area contributed by atoms with Crippen molar-refractivity contribution in [2.75, 3.05) is 19.6 Å². The van der Waals surface area contributed by atoms with Crippen LogP contribution in [0, 0.1) is 0 Å². The van der Waals surface area contributed by atoms with Crippen LogP contribution in [0.4, 0.5) is 0 Å². The van der Waals surface area contributed by atoms with E-state index in [9.17, 15) is 14.4 Å². The molecule has 3 amide bonds. The highest BCUT2D eigenvalue weighted by molar-refractivity contribution is 5.99. The van der Waals surface area contributed by atoms with Crippen molar-refractivity contribution >= 4 is 17.7 Å². The molecule has 0 aromatic heterocycles. The van der Waals surface area contributed by atoms with Gasteiger partial charge in [-0.3, -0.25) is 14.4 Å². The third-order valence-electron chi connectivity index (χ3n) is 4.17. The van der Waals surface area contributed by atoms with Gasteiger partial charge in [0.25, 0.3) is 5.91 Å². The third kappa shape index (κ3) is 2.95. The number of hydrogen-bond acceptors (Lipinski definition) is 3. The van der Waals surface area contributed by atoms with E-state index in [4.69, 9.17) is 0 Å². The quantitative estimate of drug-likeness (QED) is 0.855. The molecule has 6 nitrogen and oxygen atoms in total. The van der Waals surface area contributed by atoms with Crippen LogP contribution in [-0.4, -0.2) is 42.3 Å². The molecular weight excluding hydrogens is 282 g/mol. The predicted octanol–water partition coefficient (Wildman–Crippen LogP) is 0.600. The summed E-state index contributed by atoms with van der Waals surface area (Å²) in [6.45, 7) is 1.59. The Bertz CT molecular complexity index is 608. The van der Waals surface area contributed by atoms with Crippen LogP contribution in [0.5, 0.6) is 0 Å². The van der Waals surface area contributed by atoms with Crippen molar-refractivity contribution in [2.24, 2.45) is 0 Å². The van der Waals surface area contributed by atoms with Gasteiger partial charge in [-0.1, -0.05) is 18.2 Å². The summed E-state index contributed by atoms with van der Waals surface area (Å²) in [5.41, 5.74) is 1.46. The first-order chi connectivity index (χ1) is 10.6. The van der Waals surface area contributed by atoms with Crippen molar-refractivity contribution in [1.29, 1.82) is 0 Å². The van der Waals surface area contributed by atoms with Crippen LogP contribution < -0.4 is 10.6 Å². The maximum atomic E-state index is 12.0. The zero-order valence-corrected chi connectivity index (χ0v) is 12.3. The van der Waals surface area contributed by atoms with E-state index >= 15 is 0 Å². The molecule has 1 saturated heterocycles. The highest BCUT2D eigenvalue weighted by Crippen LogP contribution is 2.27. The molecule has 1 fully saturated rings. The molecule has 1 atom stereocenters. The summed E-state index contributed by atoms with van der Waals surface area (Å²) in [5, 5.41) is 5.45. The molecule has 0 aliphatic carbocycles. The summed E-state index contributed by atoms with van der Waals surface area (Å²) >= 11 is 0. The number of carbonyl (C=O) groups excluding carboxylic acids is 3. The molecule has 2 aliphatic rings. The van der Waals surface area contributed by atoms with Gasteiger partial charge in [-0.15, -0.1) is 0 Å². The average molecular weight is 301 g/mol. The molecule has 0 radical (unpaired) electrons. The number of hydrogen-bond donors (Lipinski definition) is 2. The minimum Gasteiger partial charge on any atom is -0.347 e. The molecule has 1 aromatic carbocycles. The van der Waals surface area contributed by atoms with Crippen LogP contribution in [0.1, 0.15) is 41.2 Å². The summed E-state index contributed by atoms with van der Waals surface area (Å²) in [6, 6.07) is 6.93. The monoisotopic (exact) mass is 301 g/mol. The van der Waals surface area contributed by atoms with E-state index in [-0.39, 0.29) is 36.7 Å². The number of benzene rings is 1. The Kier molecular flexibility index (Phi) is 4.09. The van der Waals surface area contributed by atoms with Crippen molar-refractivity contribution in [2.45, 2.75) is 25.3 Å². The largest absolute Gasteiger partial charge is 0.347 e. The molecule has 6 heteroatoms. The molecule has 0 saturated carbocycles. The smallest absolute Gasteiger partial charge is 0.252 e. The molecule has 2 N–H and O–H groups in total. The number of amides is 3. The summed E-state index contributed by atoms with van der Waals surface area (Å²) in [6.07, 6.45) is 2.21. The van der Waals surface area contributed by atoms with Crippen molar-refractivity contribution in [1.82, 2.24) is 15.5 Å². The summed E-state index contributed by atoms with van der Waals surface area (Å²) in [5.74, 6) is -0.419. The van der Waals surface area contributed by atoms with E-state index in [1.807, 2.05) is 12.1 Å². The lowest BCUT2D eigenvalue weighted by atomic mass is 10.0. The van der Waals surface area contributed by atoms with Crippen LogP contribution in [0.2, 0.25) is 0 Å². The molecule has 22 heavy (non-hydrogen) atoms.